The summed E-state index contributed by atoms with van der Waals surface area (Å²) >= 11 is 0. The Kier molecular flexibility index (Phi) is 3.90. The van der Waals surface area contributed by atoms with Crippen LogP contribution in [0.15, 0.2) is 0 Å². The van der Waals surface area contributed by atoms with Crippen LogP contribution in [0.25, 0.3) is 0 Å². The largest absolute Gasteiger partial charge is 0.368 e. The molecule has 0 aromatic heterocycles. The molecule has 1 heterocycles. The van der Waals surface area contributed by atoms with Crippen molar-refractivity contribution in [2.45, 2.75) is 44.7 Å². The Labute approximate surface area is 84.7 Å². The zero-order valence-electron chi connectivity index (χ0n) is 8.57. The zero-order valence-corrected chi connectivity index (χ0v) is 8.57. The molecule has 0 saturated carbocycles. The molecule has 0 aliphatic carbocycles. The minimum atomic E-state index is -0.251. The van der Waals surface area contributed by atoms with E-state index in [9.17, 15) is 4.79 Å². The van der Waals surface area contributed by atoms with Gasteiger partial charge in [-0.3, -0.25) is 9.69 Å². The molecule has 1 aliphatic heterocycles. The molecule has 0 spiro atoms. The second kappa shape index (κ2) is 4.97. The molecule has 1 rings (SSSR count). The highest BCUT2D eigenvalue weighted by Gasteiger charge is 2.33. The maximum Gasteiger partial charge on any atom is 0.234 e. The van der Waals surface area contributed by atoms with Crippen molar-refractivity contribution in [1.82, 2.24) is 4.90 Å². The van der Waals surface area contributed by atoms with Crippen LogP contribution in [0.4, 0.5) is 0 Å². The molecular weight excluding hydrogens is 178 g/mol. The van der Waals surface area contributed by atoms with E-state index in [1.54, 1.807) is 0 Å². The lowest BCUT2D eigenvalue weighted by atomic mass is 10.1. The third-order valence-corrected chi connectivity index (χ3v) is 2.89. The molecule has 0 aromatic carbocycles. The van der Waals surface area contributed by atoms with Gasteiger partial charge in [0.1, 0.15) is 0 Å². The van der Waals surface area contributed by atoms with Crippen molar-refractivity contribution in [3.63, 3.8) is 0 Å². The van der Waals surface area contributed by atoms with E-state index in [4.69, 9.17) is 11.0 Å². The van der Waals surface area contributed by atoms with Crippen LogP contribution in [0.5, 0.6) is 0 Å². The Morgan fingerprint density at radius 1 is 1.79 bits per heavy atom. The number of amides is 1. The summed E-state index contributed by atoms with van der Waals surface area (Å²) in [4.78, 5) is 13.2. The normalized spacial score (nSPS) is 24.4. The molecule has 78 valence electrons. The van der Waals surface area contributed by atoms with E-state index in [0.717, 1.165) is 25.8 Å². The maximum atomic E-state index is 11.1. The van der Waals surface area contributed by atoms with E-state index in [0.29, 0.717) is 6.42 Å². The third kappa shape index (κ3) is 2.24. The number of likely N-dealkylation sites (tertiary alicyclic amines) is 1. The van der Waals surface area contributed by atoms with Crippen LogP contribution >= 0.6 is 0 Å². The summed E-state index contributed by atoms with van der Waals surface area (Å²) in [6, 6.07) is 2.21. The molecule has 1 aliphatic rings. The van der Waals surface area contributed by atoms with Crippen LogP contribution in [0.3, 0.4) is 0 Å². The fourth-order valence-corrected chi connectivity index (χ4v) is 2.13. The molecule has 1 saturated heterocycles. The Morgan fingerprint density at radius 2 is 2.50 bits per heavy atom. The van der Waals surface area contributed by atoms with Gasteiger partial charge < -0.3 is 5.73 Å². The SMILES string of the molecule is CCC(CC#N)N1CCCC1C(N)=O. The van der Waals surface area contributed by atoms with E-state index < -0.39 is 0 Å². The van der Waals surface area contributed by atoms with Crippen LogP contribution < -0.4 is 5.73 Å². The van der Waals surface area contributed by atoms with E-state index in [1.165, 1.54) is 0 Å². The summed E-state index contributed by atoms with van der Waals surface area (Å²) in [5.74, 6) is -0.251. The lowest BCUT2D eigenvalue weighted by Crippen LogP contribution is -2.45. The second-order valence-corrected chi connectivity index (χ2v) is 3.72. The lowest BCUT2D eigenvalue weighted by Gasteiger charge is -2.29. The first-order chi connectivity index (χ1) is 6.70. The van der Waals surface area contributed by atoms with Gasteiger partial charge in [0.25, 0.3) is 0 Å². The fourth-order valence-electron chi connectivity index (χ4n) is 2.13. The summed E-state index contributed by atoms with van der Waals surface area (Å²) in [5.41, 5.74) is 5.31. The van der Waals surface area contributed by atoms with Gasteiger partial charge in [0.05, 0.1) is 18.5 Å². The van der Waals surface area contributed by atoms with E-state index in [-0.39, 0.29) is 18.0 Å². The number of nitriles is 1. The predicted molar refractivity (Wildman–Crippen MR) is 53.2 cm³/mol. The van der Waals surface area contributed by atoms with Crippen molar-refractivity contribution in [1.29, 1.82) is 5.26 Å². The molecule has 4 nitrogen and oxygen atoms in total. The highest BCUT2D eigenvalue weighted by Crippen LogP contribution is 2.22. The maximum absolute atomic E-state index is 11.1. The number of carbonyl (C=O) groups excluding carboxylic acids is 1. The topological polar surface area (TPSA) is 70.1 Å². The molecule has 0 aromatic rings. The molecule has 2 unspecified atom stereocenters. The van der Waals surface area contributed by atoms with Crippen LogP contribution in [0, 0.1) is 11.3 Å². The first-order valence-corrected chi connectivity index (χ1v) is 5.12. The summed E-state index contributed by atoms with van der Waals surface area (Å²) in [7, 11) is 0. The minimum absolute atomic E-state index is 0.145. The molecule has 0 bridgehead atoms. The van der Waals surface area contributed by atoms with Gasteiger partial charge in [-0.1, -0.05) is 6.92 Å². The fraction of sp³-hybridized carbons (Fsp3) is 0.800. The summed E-state index contributed by atoms with van der Waals surface area (Å²) in [6.07, 6.45) is 3.24. The lowest BCUT2D eigenvalue weighted by molar-refractivity contribution is -0.123. The Bertz CT molecular complexity index is 246. The van der Waals surface area contributed by atoms with Gasteiger partial charge in [0, 0.05) is 6.04 Å². The summed E-state index contributed by atoms with van der Waals surface area (Å²) in [6.45, 7) is 2.94. The Hall–Kier alpha value is -1.08. The molecular formula is C10H17N3O. The van der Waals surface area contributed by atoms with Crippen molar-refractivity contribution in [3.8, 4) is 6.07 Å². The van der Waals surface area contributed by atoms with Gasteiger partial charge in [0.15, 0.2) is 0 Å². The second-order valence-electron chi connectivity index (χ2n) is 3.72. The van der Waals surface area contributed by atoms with Gasteiger partial charge >= 0.3 is 0 Å². The van der Waals surface area contributed by atoms with Gasteiger partial charge in [-0.2, -0.15) is 5.26 Å². The molecule has 1 amide bonds. The molecule has 0 radical (unpaired) electrons. The smallest absolute Gasteiger partial charge is 0.234 e. The van der Waals surface area contributed by atoms with Gasteiger partial charge in [-0.15, -0.1) is 0 Å². The Balaban J connectivity index is 2.64. The van der Waals surface area contributed by atoms with Gasteiger partial charge in [-0.25, -0.2) is 0 Å². The van der Waals surface area contributed by atoms with Crippen molar-refractivity contribution in [3.05, 3.63) is 0 Å². The number of hydrogen-bond donors (Lipinski definition) is 1. The summed E-state index contributed by atoms with van der Waals surface area (Å²) in [5, 5.41) is 8.66. The van der Waals surface area contributed by atoms with E-state index >= 15 is 0 Å². The van der Waals surface area contributed by atoms with Crippen LogP contribution in [0.2, 0.25) is 0 Å². The predicted octanol–water partition coefficient (Wildman–Crippen LogP) is 0.628. The number of rotatable bonds is 4. The number of nitrogens with zero attached hydrogens (tertiary/aromatic N) is 2. The average Bonchev–Trinajstić information content (AvgIpc) is 2.62. The summed E-state index contributed by atoms with van der Waals surface area (Å²) < 4.78 is 0. The van der Waals surface area contributed by atoms with Crippen LogP contribution in [-0.2, 0) is 4.79 Å². The molecule has 2 atom stereocenters. The van der Waals surface area contributed by atoms with Crippen molar-refractivity contribution < 1.29 is 4.79 Å². The van der Waals surface area contributed by atoms with Crippen LogP contribution in [0.1, 0.15) is 32.6 Å². The first-order valence-electron chi connectivity index (χ1n) is 5.12. The van der Waals surface area contributed by atoms with E-state index in [1.807, 2.05) is 6.92 Å². The molecule has 4 heteroatoms. The standard InChI is InChI=1S/C10H17N3O/c1-2-8(5-6-11)13-7-3-4-9(13)10(12)14/h8-9H,2-5,7H2,1H3,(H2,12,14). The third-order valence-electron chi connectivity index (χ3n) is 2.89. The molecule has 2 N–H and O–H groups in total. The molecule has 1 fully saturated rings. The minimum Gasteiger partial charge on any atom is -0.368 e. The monoisotopic (exact) mass is 195 g/mol. The molecule has 14 heavy (non-hydrogen) atoms. The highest BCUT2D eigenvalue weighted by molar-refractivity contribution is 5.80. The number of carbonyl (C=O) groups is 1. The van der Waals surface area contributed by atoms with Crippen LogP contribution in [-0.4, -0.2) is 29.4 Å². The Morgan fingerprint density at radius 3 is 3.00 bits per heavy atom. The highest BCUT2D eigenvalue weighted by atomic mass is 16.1. The average molecular weight is 195 g/mol. The van der Waals surface area contributed by atoms with E-state index in [2.05, 4.69) is 11.0 Å². The zero-order chi connectivity index (χ0) is 10.6. The van der Waals surface area contributed by atoms with Crippen molar-refractivity contribution in [2.75, 3.05) is 6.54 Å². The van der Waals surface area contributed by atoms with Crippen molar-refractivity contribution in [2.24, 2.45) is 5.73 Å². The quantitative estimate of drug-likeness (QED) is 0.715. The number of nitrogens with two attached hydrogens (primary N) is 1. The van der Waals surface area contributed by atoms with Crippen molar-refractivity contribution >= 4 is 5.91 Å². The number of hydrogen-bond acceptors (Lipinski definition) is 3. The number of primary amides is 1. The van der Waals surface area contributed by atoms with Gasteiger partial charge in [0.2, 0.25) is 5.91 Å². The van der Waals surface area contributed by atoms with Gasteiger partial charge in [-0.05, 0) is 25.8 Å². The first kappa shape index (κ1) is 11.0.